The third-order valence-corrected chi connectivity index (χ3v) is 7.32. The number of halogens is 1. The van der Waals surface area contributed by atoms with Gasteiger partial charge in [-0.05, 0) is 66.1 Å². The van der Waals surface area contributed by atoms with E-state index in [9.17, 15) is 23.4 Å². The standard InChI is InChI=1S/C25H26ClNO7S/c26-20-3-1-2-19(16-20)24(29)17-27(25(30)31)13-12-18-4-8-22(9-5-18)35(32,33)23-10-6-21(7-11-23)34-15-14-28/h1-11,16,24,28-29H,12-15,17H2,(H,30,31). The van der Waals surface area contributed by atoms with Crippen LogP contribution in [0.5, 0.6) is 5.75 Å². The molecule has 3 rings (SSSR count). The van der Waals surface area contributed by atoms with Crippen molar-refractivity contribution in [2.24, 2.45) is 0 Å². The number of benzene rings is 3. The Morgan fingerprint density at radius 3 is 2.20 bits per heavy atom. The van der Waals surface area contributed by atoms with E-state index in [0.29, 0.717) is 22.8 Å². The van der Waals surface area contributed by atoms with Crippen molar-refractivity contribution < 1.29 is 33.3 Å². The van der Waals surface area contributed by atoms with Gasteiger partial charge in [-0.15, -0.1) is 0 Å². The number of hydrogen-bond donors (Lipinski definition) is 3. The van der Waals surface area contributed by atoms with E-state index in [2.05, 4.69) is 0 Å². The van der Waals surface area contributed by atoms with Crippen LogP contribution in [0.25, 0.3) is 0 Å². The largest absolute Gasteiger partial charge is 0.491 e. The van der Waals surface area contributed by atoms with Gasteiger partial charge in [-0.2, -0.15) is 0 Å². The highest BCUT2D eigenvalue weighted by Gasteiger charge is 2.20. The maximum atomic E-state index is 12.9. The van der Waals surface area contributed by atoms with Crippen LogP contribution in [0, 0.1) is 0 Å². The van der Waals surface area contributed by atoms with Crippen molar-refractivity contribution in [3.8, 4) is 5.75 Å². The van der Waals surface area contributed by atoms with Crippen molar-refractivity contribution in [1.29, 1.82) is 0 Å². The summed E-state index contributed by atoms with van der Waals surface area (Å²) in [6, 6.07) is 18.8. The molecule has 0 saturated heterocycles. The molecule has 10 heteroatoms. The number of carbonyl (C=O) groups is 1. The third-order valence-electron chi connectivity index (χ3n) is 5.30. The summed E-state index contributed by atoms with van der Waals surface area (Å²) in [5, 5.41) is 29.2. The highest BCUT2D eigenvalue weighted by atomic mass is 35.5. The van der Waals surface area contributed by atoms with Crippen molar-refractivity contribution >= 4 is 27.5 Å². The van der Waals surface area contributed by atoms with Crippen LogP contribution in [0.4, 0.5) is 4.79 Å². The number of carboxylic acid groups (broad SMARTS) is 1. The van der Waals surface area contributed by atoms with Crippen molar-refractivity contribution in [2.45, 2.75) is 22.3 Å². The number of amides is 1. The molecule has 3 N–H and O–H groups in total. The first-order chi connectivity index (χ1) is 16.7. The minimum Gasteiger partial charge on any atom is -0.491 e. The zero-order valence-corrected chi connectivity index (χ0v) is 20.3. The van der Waals surface area contributed by atoms with E-state index in [-0.39, 0.29) is 36.1 Å². The average Bonchev–Trinajstić information content (AvgIpc) is 2.85. The smallest absolute Gasteiger partial charge is 0.407 e. The van der Waals surface area contributed by atoms with Crippen molar-refractivity contribution in [2.75, 3.05) is 26.3 Å². The molecule has 0 aliphatic carbocycles. The SMILES string of the molecule is O=C(O)N(CCc1ccc(S(=O)(=O)c2ccc(OCCO)cc2)cc1)CC(O)c1cccc(Cl)c1. The molecule has 1 atom stereocenters. The molecule has 1 unspecified atom stereocenters. The summed E-state index contributed by atoms with van der Waals surface area (Å²) in [6.45, 7) is -0.0277. The maximum Gasteiger partial charge on any atom is 0.407 e. The van der Waals surface area contributed by atoms with Gasteiger partial charge in [-0.3, -0.25) is 0 Å². The first-order valence-electron chi connectivity index (χ1n) is 10.8. The topological polar surface area (TPSA) is 124 Å². The zero-order valence-electron chi connectivity index (χ0n) is 18.7. The van der Waals surface area contributed by atoms with Crippen LogP contribution in [-0.2, 0) is 16.3 Å². The normalized spacial score (nSPS) is 12.2. The van der Waals surface area contributed by atoms with Gasteiger partial charge < -0.3 is 25.0 Å². The molecule has 0 fully saturated rings. The molecule has 0 spiro atoms. The van der Waals surface area contributed by atoms with Gasteiger partial charge in [-0.25, -0.2) is 13.2 Å². The first kappa shape index (κ1) is 26.5. The molecule has 3 aromatic carbocycles. The van der Waals surface area contributed by atoms with Gasteiger partial charge in [0.25, 0.3) is 0 Å². The van der Waals surface area contributed by atoms with Crippen LogP contribution in [0.1, 0.15) is 17.2 Å². The summed E-state index contributed by atoms with van der Waals surface area (Å²) in [7, 11) is -3.74. The molecular formula is C25H26ClNO7S. The third kappa shape index (κ3) is 7.19. The van der Waals surface area contributed by atoms with E-state index in [1.165, 1.54) is 36.4 Å². The second-order valence-electron chi connectivity index (χ2n) is 7.74. The fourth-order valence-electron chi connectivity index (χ4n) is 3.41. The predicted octanol–water partition coefficient (Wildman–Crippen LogP) is 3.80. The lowest BCUT2D eigenvalue weighted by Gasteiger charge is -2.23. The van der Waals surface area contributed by atoms with Gasteiger partial charge in [0.05, 0.1) is 29.0 Å². The number of aliphatic hydroxyl groups excluding tert-OH is 2. The minimum absolute atomic E-state index is 0.105. The molecule has 35 heavy (non-hydrogen) atoms. The molecule has 8 nitrogen and oxygen atoms in total. The highest BCUT2D eigenvalue weighted by Crippen LogP contribution is 2.24. The number of ether oxygens (including phenoxy) is 1. The van der Waals surface area contributed by atoms with E-state index in [1.54, 1.807) is 36.4 Å². The molecule has 0 bridgehead atoms. The van der Waals surface area contributed by atoms with Crippen LogP contribution in [-0.4, -0.2) is 61.0 Å². The molecule has 0 heterocycles. The average molecular weight is 520 g/mol. The van der Waals surface area contributed by atoms with Crippen molar-refractivity contribution in [3.05, 3.63) is 88.9 Å². The molecular weight excluding hydrogens is 494 g/mol. The number of sulfone groups is 1. The maximum absolute atomic E-state index is 12.9. The molecule has 0 saturated carbocycles. The lowest BCUT2D eigenvalue weighted by atomic mass is 10.1. The Kier molecular flexibility index (Phi) is 9.11. The summed E-state index contributed by atoms with van der Waals surface area (Å²) in [4.78, 5) is 13.0. The molecule has 0 radical (unpaired) electrons. The number of hydrogen-bond acceptors (Lipinski definition) is 6. The Morgan fingerprint density at radius 1 is 1.00 bits per heavy atom. The molecule has 0 aromatic heterocycles. The molecule has 186 valence electrons. The second kappa shape index (κ2) is 12.0. The molecule has 0 aliphatic rings. The Morgan fingerprint density at radius 2 is 1.63 bits per heavy atom. The Labute approximate surface area is 208 Å². The number of rotatable bonds is 11. The summed E-state index contributed by atoms with van der Waals surface area (Å²) in [6.07, 6.45) is -1.86. The zero-order chi connectivity index (χ0) is 25.4. The van der Waals surface area contributed by atoms with E-state index in [4.69, 9.17) is 21.4 Å². The van der Waals surface area contributed by atoms with Crippen LogP contribution in [0.3, 0.4) is 0 Å². The fourth-order valence-corrected chi connectivity index (χ4v) is 4.87. The number of aliphatic hydroxyl groups is 2. The van der Waals surface area contributed by atoms with E-state index >= 15 is 0 Å². The second-order valence-corrected chi connectivity index (χ2v) is 10.1. The summed E-state index contributed by atoms with van der Waals surface area (Å²) in [5.41, 5.74) is 1.27. The Balaban J connectivity index is 1.63. The van der Waals surface area contributed by atoms with Gasteiger partial charge in [0.1, 0.15) is 12.4 Å². The van der Waals surface area contributed by atoms with E-state index in [0.717, 1.165) is 10.5 Å². The van der Waals surface area contributed by atoms with Crippen LogP contribution in [0.15, 0.2) is 82.6 Å². The van der Waals surface area contributed by atoms with Crippen LogP contribution in [0.2, 0.25) is 5.02 Å². The van der Waals surface area contributed by atoms with Crippen LogP contribution < -0.4 is 4.74 Å². The Hall–Kier alpha value is -3.11. The van der Waals surface area contributed by atoms with Gasteiger partial charge in [0.15, 0.2) is 0 Å². The minimum atomic E-state index is -3.74. The van der Waals surface area contributed by atoms with Gasteiger partial charge in [-0.1, -0.05) is 35.9 Å². The Bertz CT molecular complexity index is 1230. The van der Waals surface area contributed by atoms with Gasteiger partial charge in [0.2, 0.25) is 9.84 Å². The van der Waals surface area contributed by atoms with Gasteiger partial charge >= 0.3 is 6.09 Å². The van der Waals surface area contributed by atoms with Crippen molar-refractivity contribution in [3.63, 3.8) is 0 Å². The monoisotopic (exact) mass is 519 g/mol. The highest BCUT2D eigenvalue weighted by molar-refractivity contribution is 7.91. The first-order valence-corrected chi connectivity index (χ1v) is 12.7. The van der Waals surface area contributed by atoms with Crippen molar-refractivity contribution in [1.82, 2.24) is 4.90 Å². The lowest BCUT2D eigenvalue weighted by Crippen LogP contribution is -2.35. The van der Waals surface area contributed by atoms with E-state index in [1.807, 2.05) is 0 Å². The fraction of sp³-hybridized carbons (Fsp3) is 0.240. The summed E-state index contributed by atoms with van der Waals surface area (Å²) in [5.74, 6) is 0.455. The molecule has 1 amide bonds. The summed E-state index contributed by atoms with van der Waals surface area (Å²) >= 11 is 5.94. The number of nitrogens with zero attached hydrogens (tertiary/aromatic N) is 1. The van der Waals surface area contributed by atoms with Gasteiger partial charge in [0, 0.05) is 11.6 Å². The molecule has 3 aromatic rings. The lowest BCUT2D eigenvalue weighted by molar-refractivity contribution is 0.0973. The predicted molar refractivity (Wildman–Crippen MR) is 131 cm³/mol. The molecule has 0 aliphatic heterocycles. The van der Waals surface area contributed by atoms with Crippen LogP contribution >= 0.6 is 11.6 Å². The summed E-state index contributed by atoms with van der Waals surface area (Å²) < 4.78 is 31.1. The quantitative estimate of drug-likeness (QED) is 0.352. The van der Waals surface area contributed by atoms with E-state index < -0.39 is 22.0 Å².